The summed E-state index contributed by atoms with van der Waals surface area (Å²) in [5.74, 6) is -2.43. The molecule has 2 aliphatic rings. The largest absolute Gasteiger partial charge is 0.481 e. The molecule has 166 valence electrons. The summed E-state index contributed by atoms with van der Waals surface area (Å²) in [6.07, 6.45) is 0.000362. The number of nitrogens with zero attached hydrogens (tertiary/aromatic N) is 2. The van der Waals surface area contributed by atoms with Crippen molar-refractivity contribution in [1.29, 1.82) is 0 Å². The van der Waals surface area contributed by atoms with Gasteiger partial charge in [-0.25, -0.2) is 4.39 Å². The number of nitrogens with one attached hydrogen (secondary N) is 1. The Kier molecular flexibility index (Phi) is 5.09. The van der Waals surface area contributed by atoms with E-state index in [0.29, 0.717) is 43.1 Å². The molecule has 32 heavy (non-hydrogen) atoms. The lowest BCUT2D eigenvalue weighted by Gasteiger charge is -2.37. The molecule has 2 atom stereocenters. The number of halogens is 1. The van der Waals surface area contributed by atoms with Gasteiger partial charge in [-0.05, 0) is 43.2 Å². The lowest BCUT2D eigenvalue weighted by molar-refractivity contribution is -0.146. The minimum absolute atomic E-state index is 0.000362. The number of anilines is 2. The number of piperazine rings is 1. The molecule has 5 rings (SSSR count). The van der Waals surface area contributed by atoms with E-state index in [1.807, 2.05) is 35.2 Å². The van der Waals surface area contributed by atoms with E-state index in [2.05, 4.69) is 5.32 Å². The van der Waals surface area contributed by atoms with E-state index in [9.17, 15) is 14.7 Å². The van der Waals surface area contributed by atoms with E-state index in [4.69, 9.17) is 4.42 Å². The molecule has 2 N–H and O–H groups in total. The molecule has 3 aromatic rings. The number of hydrogen-bond acceptors (Lipinski definition) is 5. The van der Waals surface area contributed by atoms with Crippen molar-refractivity contribution in [2.24, 2.45) is 5.92 Å². The van der Waals surface area contributed by atoms with Gasteiger partial charge < -0.3 is 24.6 Å². The van der Waals surface area contributed by atoms with Gasteiger partial charge in [0.05, 0.1) is 11.7 Å². The van der Waals surface area contributed by atoms with Crippen molar-refractivity contribution in [3.8, 4) is 0 Å². The molecule has 2 unspecified atom stereocenters. The Labute approximate surface area is 184 Å². The summed E-state index contributed by atoms with van der Waals surface area (Å²) in [6, 6.07) is 12.8. The van der Waals surface area contributed by atoms with E-state index in [1.54, 1.807) is 13.0 Å². The Hall–Kier alpha value is -3.39. The minimum atomic E-state index is -1.18. The number of benzene rings is 2. The van der Waals surface area contributed by atoms with Crippen LogP contribution in [0.1, 0.15) is 24.3 Å². The van der Waals surface area contributed by atoms with Gasteiger partial charge in [0.2, 0.25) is 5.91 Å². The highest BCUT2D eigenvalue weighted by Gasteiger charge is 2.38. The molecular formula is C24H24FN3O4. The topological polar surface area (TPSA) is 86.0 Å². The number of rotatable bonds is 4. The zero-order valence-corrected chi connectivity index (χ0v) is 17.7. The van der Waals surface area contributed by atoms with Crippen molar-refractivity contribution >= 4 is 34.2 Å². The predicted molar refractivity (Wildman–Crippen MR) is 118 cm³/mol. The van der Waals surface area contributed by atoms with E-state index in [1.165, 1.54) is 11.0 Å². The number of carbonyl (C=O) groups is 2. The first-order valence-corrected chi connectivity index (χ1v) is 10.8. The minimum Gasteiger partial charge on any atom is -0.481 e. The van der Waals surface area contributed by atoms with E-state index < -0.39 is 23.6 Å². The van der Waals surface area contributed by atoms with Gasteiger partial charge in [0.25, 0.3) is 0 Å². The molecule has 0 radical (unpaired) electrons. The smallest absolute Gasteiger partial charge is 0.316 e. The number of carboxylic acids is 1. The Balaban J connectivity index is 1.46. The molecule has 7 nitrogen and oxygen atoms in total. The van der Waals surface area contributed by atoms with Gasteiger partial charge in [-0.2, -0.15) is 0 Å². The second kappa shape index (κ2) is 7.94. The third-order valence-corrected chi connectivity index (χ3v) is 6.35. The first kappa shape index (κ1) is 20.5. The molecule has 0 aliphatic carbocycles. The lowest BCUT2D eigenvalue weighted by atomic mass is 9.91. The number of aliphatic carboxylic acids is 1. The van der Waals surface area contributed by atoms with Crippen molar-refractivity contribution in [2.75, 3.05) is 36.0 Å². The zero-order valence-electron chi connectivity index (χ0n) is 17.7. The van der Waals surface area contributed by atoms with Gasteiger partial charge in [0.1, 0.15) is 23.1 Å². The molecule has 1 saturated heterocycles. The highest BCUT2D eigenvalue weighted by atomic mass is 19.1. The molecule has 3 heterocycles. The quantitative estimate of drug-likeness (QED) is 0.609. The van der Waals surface area contributed by atoms with Gasteiger partial charge >= 0.3 is 5.97 Å². The summed E-state index contributed by atoms with van der Waals surface area (Å²) >= 11 is 0. The number of amides is 1. The first-order chi connectivity index (χ1) is 15.5. The number of para-hydroxylation sites is 1. The maximum absolute atomic E-state index is 15.2. The fourth-order valence-corrected chi connectivity index (χ4v) is 4.72. The highest BCUT2D eigenvalue weighted by Crippen LogP contribution is 2.37. The Morgan fingerprint density at radius 1 is 1.25 bits per heavy atom. The van der Waals surface area contributed by atoms with Crippen molar-refractivity contribution in [3.63, 3.8) is 0 Å². The molecule has 2 aromatic carbocycles. The van der Waals surface area contributed by atoms with E-state index in [-0.39, 0.29) is 12.5 Å². The molecule has 0 spiro atoms. The Bertz CT molecular complexity index is 1170. The van der Waals surface area contributed by atoms with E-state index >= 15 is 4.39 Å². The summed E-state index contributed by atoms with van der Waals surface area (Å²) in [4.78, 5) is 27.6. The van der Waals surface area contributed by atoms with Gasteiger partial charge in [0.15, 0.2) is 0 Å². The number of fused-ring (bicyclic) bond motifs is 2. The Morgan fingerprint density at radius 3 is 2.81 bits per heavy atom. The number of carbonyl (C=O) groups excluding carboxylic acids is 1. The Morgan fingerprint density at radius 2 is 2.06 bits per heavy atom. The summed E-state index contributed by atoms with van der Waals surface area (Å²) in [5, 5.41) is 13.9. The lowest BCUT2D eigenvalue weighted by Crippen LogP contribution is -2.47. The van der Waals surface area contributed by atoms with Gasteiger partial charge in [-0.15, -0.1) is 0 Å². The second-order valence-electron chi connectivity index (χ2n) is 8.25. The van der Waals surface area contributed by atoms with Crippen LogP contribution in [0, 0.1) is 11.7 Å². The molecule has 2 aliphatic heterocycles. The van der Waals surface area contributed by atoms with Crippen LogP contribution in [0.25, 0.3) is 11.0 Å². The van der Waals surface area contributed by atoms with Crippen LogP contribution in [0.2, 0.25) is 0 Å². The SMILES string of the molecule is CCN1C(=O)C(C(=O)O)Cc2cc(F)c(N3CCNC(c4cc5ccccc5o4)C3)cc21. The first-order valence-electron chi connectivity index (χ1n) is 10.8. The third kappa shape index (κ3) is 3.40. The van der Waals surface area contributed by atoms with Crippen LogP contribution >= 0.6 is 0 Å². The van der Waals surface area contributed by atoms with Crippen molar-refractivity contribution < 1.29 is 23.5 Å². The molecule has 1 fully saturated rings. The van der Waals surface area contributed by atoms with Crippen LogP contribution < -0.4 is 15.1 Å². The molecule has 1 amide bonds. The summed E-state index contributed by atoms with van der Waals surface area (Å²) in [5.41, 5.74) is 2.35. The van der Waals surface area contributed by atoms with Crippen LogP contribution in [-0.4, -0.2) is 43.2 Å². The normalized spacial score (nSPS) is 21.1. The number of carboxylic acid groups (broad SMARTS) is 1. The predicted octanol–water partition coefficient (Wildman–Crippen LogP) is 3.33. The van der Waals surface area contributed by atoms with Crippen molar-refractivity contribution in [2.45, 2.75) is 19.4 Å². The van der Waals surface area contributed by atoms with Crippen molar-refractivity contribution in [3.05, 3.63) is 59.6 Å². The molecular weight excluding hydrogens is 413 g/mol. The molecule has 8 heteroatoms. The maximum Gasteiger partial charge on any atom is 0.316 e. The van der Waals surface area contributed by atoms with Gasteiger partial charge in [-0.3, -0.25) is 9.59 Å². The van der Waals surface area contributed by atoms with Crippen LogP contribution in [0.5, 0.6) is 0 Å². The summed E-state index contributed by atoms with van der Waals surface area (Å²) in [6.45, 7) is 3.87. The second-order valence-corrected chi connectivity index (χ2v) is 8.25. The van der Waals surface area contributed by atoms with Crippen LogP contribution in [0.3, 0.4) is 0 Å². The van der Waals surface area contributed by atoms with E-state index in [0.717, 1.165) is 16.7 Å². The standard InChI is InChI=1S/C24H24FN3O4/c1-2-28-19-12-20(17(25)10-15(19)9-16(23(28)29)24(30)31)27-8-7-26-18(13-27)22-11-14-5-3-4-6-21(14)32-22/h3-6,10-12,16,18,26H,2,7-9,13H2,1H3,(H,30,31). The monoisotopic (exact) mass is 437 g/mol. The van der Waals surface area contributed by atoms with Gasteiger partial charge in [-0.1, -0.05) is 18.2 Å². The van der Waals surface area contributed by atoms with Gasteiger partial charge in [0, 0.05) is 37.3 Å². The fourth-order valence-electron chi connectivity index (χ4n) is 4.72. The average Bonchev–Trinajstić information content (AvgIpc) is 3.23. The fraction of sp³-hybridized carbons (Fsp3) is 0.333. The van der Waals surface area contributed by atoms with Crippen LogP contribution in [0.15, 0.2) is 46.9 Å². The van der Waals surface area contributed by atoms with Crippen LogP contribution in [0.4, 0.5) is 15.8 Å². The third-order valence-electron chi connectivity index (χ3n) is 6.35. The molecule has 0 saturated carbocycles. The summed E-state index contributed by atoms with van der Waals surface area (Å²) < 4.78 is 21.2. The zero-order chi connectivity index (χ0) is 22.4. The summed E-state index contributed by atoms with van der Waals surface area (Å²) in [7, 11) is 0. The maximum atomic E-state index is 15.2. The number of hydrogen-bond donors (Lipinski definition) is 2. The average molecular weight is 437 g/mol. The molecule has 0 bridgehead atoms. The van der Waals surface area contributed by atoms with Crippen LogP contribution in [-0.2, 0) is 16.0 Å². The number of furan rings is 1. The highest BCUT2D eigenvalue weighted by molar-refractivity contribution is 6.08. The van der Waals surface area contributed by atoms with Crippen molar-refractivity contribution in [1.82, 2.24) is 5.32 Å². The molecule has 1 aromatic heterocycles.